The van der Waals surface area contributed by atoms with Gasteiger partial charge in [0.2, 0.25) is 5.91 Å². The molecule has 0 aliphatic rings. The van der Waals surface area contributed by atoms with Gasteiger partial charge in [0.1, 0.15) is 6.54 Å². The predicted octanol–water partition coefficient (Wildman–Crippen LogP) is 3.61. The minimum Gasteiger partial charge on any atom is -0.325 e. The molecule has 1 N–H and O–H groups in total. The van der Waals surface area contributed by atoms with E-state index in [-0.39, 0.29) is 10.7 Å². The van der Waals surface area contributed by atoms with Gasteiger partial charge >= 0.3 is 6.18 Å². The summed E-state index contributed by atoms with van der Waals surface area (Å²) in [5.41, 5.74) is 6.86. The van der Waals surface area contributed by atoms with Gasteiger partial charge in [-0.05, 0) is 23.7 Å². The van der Waals surface area contributed by atoms with Crippen LogP contribution in [0.3, 0.4) is 0 Å². The van der Waals surface area contributed by atoms with Crippen molar-refractivity contribution in [3.05, 3.63) is 39.2 Å². The molecular formula is C9H6ClF3N4O. The number of halogens is 4. The number of azide groups is 1. The highest BCUT2D eigenvalue weighted by atomic mass is 35.5. The summed E-state index contributed by atoms with van der Waals surface area (Å²) in [6.45, 7) is -0.525. The van der Waals surface area contributed by atoms with Crippen LogP contribution in [-0.2, 0) is 11.0 Å². The van der Waals surface area contributed by atoms with Gasteiger partial charge in [-0.25, -0.2) is 0 Å². The van der Waals surface area contributed by atoms with E-state index in [4.69, 9.17) is 17.1 Å². The minimum atomic E-state index is -4.53. The van der Waals surface area contributed by atoms with Crippen LogP contribution >= 0.6 is 11.6 Å². The maximum atomic E-state index is 12.4. The van der Waals surface area contributed by atoms with Crippen LogP contribution in [0.15, 0.2) is 23.3 Å². The zero-order valence-corrected chi connectivity index (χ0v) is 9.46. The van der Waals surface area contributed by atoms with E-state index in [2.05, 4.69) is 15.3 Å². The molecule has 0 aliphatic heterocycles. The first-order chi connectivity index (χ1) is 8.34. The summed E-state index contributed by atoms with van der Waals surface area (Å²) in [5.74, 6) is -0.756. The summed E-state index contributed by atoms with van der Waals surface area (Å²) in [6.07, 6.45) is -4.53. The van der Waals surface area contributed by atoms with Crippen LogP contribution in [-0.4, -0.2) is 12.5 Å². The lowest BCUT2D eigenvalue weighted by Crippen LogP contribution is -2.15. The molecule has 0 saturated carbocycles. The van der Waals surface area contributed by atoms with Crippen LogP contribution < -0.4 is 5.32 Å². The van der Waals surface area contributed by atoms with Crippen LogP contribution in [0.2, 0.25) is 5.02 Å². The molecule has 9 heteroatoms. The molecule has 0 saturated heterocycles. The molecular weight excluding hydrogens is 273 g/mol. The molecule has 0 bridgehead atoms. The van der Waals surface area contributed by atoms with Gasteiger partial charge in [0.05, 0.1) is 16.3 Å². The fraction of sp³-hybridized carbons (Fsp3) is 0.222. The van der Waals surface area contributed by atoms with E-state index in [1.165, 1.54) is 0 Å². The Morgan fingerprint density at radius 2 is 2.17 bits per heavy atom. The number of anilines is 1. The number of alkyl halides is 3. The van der Waals surface area contributed by atoms with Gasteiger partial charge in [-0.15, -0.1) is 0 Å². The first-order valence-corrected chi connectivity index (χ1v) is 4.90. The summed E-state index contributed by atoms with van der Waals surface area (Å²) in [7, 11) is 0. The predicted molar refractivity (Wildman–Crippen MR) is 59.1 cm³/mol. The molecule has 0 heterocycles. The number of hydrogen-bond donors (Lipinski definition) is 1. The van der Waals surface area contributed by atoms with Crippen molar-refractivity contribution in [1.82, 2.24) is 0 Å². The van der Waals surface area contributed by atoms with Crippen LogP contribution in [0.1, 0.15) is 5.56 Å². The largest absolute Gasteiger partial charge is 0.416 e. The zero-order chi connectivity index (χ0) is 13.8. The van der Waals surface area contributed by atoms with Crippen LogP contribution in [0.5, 0.6) is 0 Å². The van der Waals surface area contributed by atoms with Crippen molar-refractivity contribution in [2.24, 2.45) is 5.11 Å². The Bertz CT molecular complexity index is 511. The second-order valence-corrected chi connectivity index (χ2v) is 3.54. The molecule has 1 aromatic carbocycles. The smallest absolute Gasteiger partial charge is 0.325 e. The molecule has 0 aromatic heterocycles. The maximum absolute atomic E-state index is 12.4. The number of carbonyl (C=O) groups excluding carboxylic acids is 1. The van der Waals surface area contributed by atoms with Crippen molar-refractivity contribution in [3.63, 3.8) is 0 Å². The van der Waals surface area contributed by atoms with Crippen LogP contribution in [0.4, 0.5) is 18.9 Å². The second-order valence-electron chi connectivity index (χ2n) is 3.13. The number of nitrogens with zero attached hydrogens (tertiary/aromatic N) is 3. The second kappa shape index (κ2) is 5.61. The third-order valence-electron chi connectivity index (χ3n) is 1.85. The Kier molecular flexibility index (Phi) is 4.41. The third kappa shape index (κ3) is 3.83. The van der Waals surface area contributed by atoms with Gasteiger partial charge in [-0.3, -0.25) is 4.79 Å². The number of amides is 1. The minimum absolute atomic E-state index is 0.0442. The van der Waals surface area contributed by atoms with Gasteiger partial charge in [0, 0.05) is 4.91 Å². The van der Waals surface area contributed by atoms with E-state index in [9.17, 15) is 18.0 Å². The van der Waals surface area contributed by atoms with Gasteiger partial charge in [-0.2, -0.15) is 13.2 Å². The summed E-state index contributed by atoms with van der Waals surface area (Å²) < 4.78 is 37.3. The van der Waals surface area contributed by atoms with E-state index in [0.717, 1.165) is 12.1 Å². The van der Waals surface area contributed by atoms with Crippen molar-refractivity contribution in [1.29, 1.82) is 0 Å². The Hall–Kier alpha value is -1.92. The lowest BCUT2D eigenvalue weighted by molar-refractivity contribution is -0.137. The van der Waals surface area contributed by atoms with Crippen molar-refractivity contribution in [2.75, 3.05) is 11.9 Å². The highest BCUT2D eigenvalue weighted by Crippen LogP contribution is 2.33. The lowest BCUT2D eigenvalue weighted by atomic mass is 10.2. The van der Waals surface area contributed by atoms with Crippen molar-refractivity contribution in [3.8, 4) is 0 Å². The quantitative estimate of drug-likeness (QED) is 0.512. The molecule has 1 amide bonds. The Morgan fingerprint density at radius 3 is 2.72 bits per heavy atom. The highest BCUT2D eigenvalue weighted by Gasteiger charge is 2.31. The Morgan fingerprint density at radius 1 is 1.50 bits per heavy atom. The Balaban J connectivity index is 2.94. The summed E-state index contributed by atoms with van der Waals surface area (Å²) >= 11 is 5.64. The van der Waals surface area contributed by atoms with Gasteiger partial charge in [0.15, 0.2) is 0 Å². The third-order valence-corrected chi connectivity index (χ3v) is 2.17. The molecule has 0 unspecified atom stereocenters. The maximum Gasteiger partial charge on any atom is 0.416 e. The van der Waals surface area contributed by atoms with Crippen molar-refractivity contribution < 1.29 is 18.0 Å². The standard InChI is InChI=1S/C9H6ClF3N4O/c10-6-2-1-5(9(11,12)13)3-7(6)16-8(18)4-15-17-14/h1-3H,4H2,(H,16,18). The zero-order valence-electron chi connectivity index (χ0n) is 8.70. The fourth-order valence-electron chi connectivity index (χ4n) is 1.08. The molecule has 18 heavy (non-hydrogen) atoms. The van der Waals surface area contributed by atoms with E-state index in [0.29, 0.717) is 6.07 Å². The molecule has 1 aromatic rings. The SMILES string of the molecule is [N-]=[N+]=NCC(=O)Nc1cc(C(F)(F)F)ccc1Cl. The lowest BCUT2D eigenvalue weighted by Gasteiger charge is -2.10. The molecule has 0 atom stereocenters. The summed E-state index contributed by atoms with van der Waals surface area (Å²) in [5, 5.41) is 5.05. The number of hydrogen-bond acceptors (Lipinski definition) is 2. The van der Waals surface area contributed by atoms with E-state index in [1.54, 1.807) is 0 Å². The fourth-order valence-corrected chi connectivity index (χ4v) is 1.25. The van der Waals surface area contributed by atoms with Crippen molar-refractivity contribution in [2.45, 2.75) is 6.18 Å². The summed E-state index contributed by atoms with van der Waals surface area (Å²) in [4.78, 5) is 13.5. The average Bonchev–Trinajstić information content (AvgIpc) is 2.28. The monoisotopic (exact) mass is 278 g/mol. The number of benzene rings is 1. The normalized spacial score (nSPS) is 10.7. The first-order valence-electron chi connectivity index (χ1n) is 4.52. The van der Waals surface area contributed by atoms with Crippen molar-refractivity contribution >= 4 is 23.2 Å². The van der Waals surface area contributed by atoms with Crippen LogP contribution in [0, 0.1) is 0 Å². The van der Waals surface area contributed by atoms with E-state index in [1.807, 2.05) is 0 Å². The molecule has 0 spiro atoms. The molecule has 0 fully saturated rings. The number of carbonyl (C=O) groups is 1. The molecule has 0 aliphatic carbocycles. The van der Waals surface area contributed by atoms with Gasteiger partial charge < -0.3 is 5.32 Å². The molecule has 96 valence electrons. The van der Waals surface area contributed by atoms with E-state index >= 15 is 0 Å². The Labute approximate surface area is 104 Å². The van der Waals surface area contributed by atoms with Gasteiger partial charge in [-0.1, -0.05) is 16.7 Å². The average molecular weight is 279 g/mol. The molecule has 0 radical (unpaired) electrons. The first kappa shape index (κ1) is 14.1. The van der Waals surface area contributed by atoms with E-state index < -0.39 is 24.2 Å². The topological polar surface area (TPSA) is 77.9 Å². The van der Waals surface area contributed by atoms with Gasteiger partial charge in [0.25, 0.3) is 0 Å². The van der Waals surface area contributed by atoms with Crippen LogP contribution in [0.25, 0.3) is 10.4 Å². The number of nitrogens with one attached hydrogen (secondary N) is 1. The molecule has 1 rings (SSSR count). The summed E-state index contributed by atoms with van der Waals surface area (Å²) in [6, 6.07) is 2.52. The highest BCUT2D eigenvalue weighted by molar-refractivity contribution is 6.33. The molecule has 5 nitrogen and oxygen atoms in total. The number of rotatable bonds is 3.